The summed E-state index contributed by atoms with van der Waals surface area (Å²) >= 11 is 1.73. The van der Waals surface area contributed by atoms with Gasteiger partial charge in [0, 0.05) is 12.6 Å². The van der Waals surface area contributed by atoms with Crippen LogP contribution < -0.4 is 5.73 Å². The fraction of sp³-hybridized carbons (Fsp3) is 0.714. The topological polar surface area (TPSA) is 49.5 Å². The first kappa shape index (κ1) is 14.0. The van der Waals surface area contributed by atoms with E-state index in [1.807, 2.05) is 6.92 Å². The summed E-state index contributed by atoms with van der Waals surface area (Å²) in [6.07, 6.45) is 1.85. The van der Waals surface area contributed by atoms with Crippen LogP contribution in [0.15, 0.2) is 16.8 Å². The summed E-state index contributed by atoms with van der Waals surface area (Å²) in [4.78, 5) is 2.45. The van der Waals surface area contributed by atoms with Gasteiger partial charge in [-0.3, -0.25) is 4.90 Å². The van der Waals surface area contributed by atoms with Crippen molar-refractivity contribution in [3.8, 4) is 0 Å². The molecular formula is C14H24N2OS. The molecule has 3 nitrogen and oxygen atoms in total. The maximum absolute atomic E-state index is 9.72. The van der Waals surface area contributed by atoms with Crippen molar-refractivity contribution in [3.63, 3.8) is 0 Å². The van der Waals surface area contributed by atoms with E-state index in [0.29, 0.717) is 12.0 Å². The Kier molecular flexibility index (Phi) is 4.78. The van der Waals surface area contributed by atoms with E-state index in [9.17, 15) is 5.11 Å². The number of aliphatic hydroxyl groups is 1. The maximum atomic E-state index is 9.72. The molecule has 0 aliphatic carbocycles. The molecule has 1 fully saturated rings. The van der Waals surface area contributed by atoms with Gasteiger partial charge in [0.05, 0.1) is 12.1 Å². The molecule has 2 heterocycles. The highest BCUT2D eigenvalue weighted by Gasteiger charge is 2.33. The van der Waals surface area contributed by atoms with Gasteiger partial charge in [0.1, 0.15) is 0 Å². The molecule has 0 spiro atoms. The minimum absolute atomic E-state index is 0.173. The summed E-state index contributed by atoms with van der Waals surface area (Å²) in [7, 11) is 0. The number of likely N-dealkylation sites (tertiary alicyclic amines) is 1. The number of nitrogens with two attached hydrogens (primary N) is 1. The minimum Gasteiger partial charge on any atom is -0.393 e. The molecule has 1 aliphatic heterocycles. The van der Waals surface area contributed by atoms with E-state index in [2.05, 4.69) is 28.7 Å². The van der Waals surface area contributed by atoms with E-state index in [1.54, 1.807) is 11.3 Å². The quantitative estimate of drug-likeness (QED) is 0.861. The monoisotopic (exact) mass is 268 g/mol. The zero-order chi connectivity index (χ0) is 13.1. The first-order valence-electron chi connectivity index (χ1n) is 6.83. The second-order valence-electron chi connectivity index (χ2n) is 5.36. The van der Waals surface area contributed by atoms with E-state index >= 15 is 0 Å². The first-order valence-corrected chi connectivity index (χ1v) is 7.77. The molecule has 4 heteroatoms. The number of thiophene rings is 1. The molecule has 3 N–H and O–H groups in total. The molecule has 102 valence electrons. The van der Waals surface area contributed by atoms with Gasteiger partial charge in [-0.1, -0.05) is 6.92 Å². The minimum atomic E-state index is -0.212. The third kappa shape index (κ3) is 2.94. The Labute approximate surface area is 114 Å². The Morgan fingerprint density at radius 2 is 2.39 bits per heavy atom. The highest BCUT2D eigenvalue weighted by atomic mass is 32.1. The lowest BCUT2D eigenvalue weighted by Crippen LogP contribution is -2.40. The number of hydrogen-bond acceptors (Lipinski definition) is 4. The zero-order valence-electron chi connectivity index (χ0n) is 11.2. The summed E-state index contributed by atoms with van der Waals surface area (Å²) in [5.41, 5.74) is 7.64. The maximum Gasteiger partial charge on any atom is 0.0552 e. The van der Waals surface area contributed by atoms with Crippen molar-refractivity contribution >= 4 is 11.3 Å². The van der Waals surface area contributed by atoms with Gasteiger partial charge in [-0.2, -0.15) is 11.3 Å². The number of aliphatic hydroxyl groups excluding tert-OH is 1. The standard InChI is InChI=1S/C14H24N2OS/c1-3-13(15)14(12-5-7-18-9-12)16-6-4-11(8-16)10(2)17/h5,7,9-11,13-14,17H,3-4,6,8,15H2,1-2H3. The molecule has 18 heavy (non-hydrogen) atoms. The van der Waals surface area contributed by atoms with Crippen molar-refractivity contribution in [3.05, 3.63) is 22.4 Å². The normalized spacial score (nSPS) is 26.1. The van der Waals surface area contributed by atoms with Gasteiger partial charge in [0.15, 0.2) is 0 Å². The summed E-state index contributed by atoms with van der Waals surface area (Å²) < 4.78 is 0. The van der Waals surface area contributed by atoms with Gasteiger partial charge < -0.3 is 10.8 Å². The predicted octanol–water partition coefficient (Wildman–Crippen LogP) is 2.23. The summed E-state index contributed by atoms with van der Waals surface area (Å²) in [6.45, 7) is 6.05. The van der Waals surface area contributed by atoms with Crippen molar-refractivity contribution in [1.29, 1.82) is 0 Å². The van der Waals surface area contributed by atoms with Crippen molar-refractivity contribution < 1.29 is 5.11 Å². The molecule has 0 bridgehead atoms. The Morgan fingerprint density at radius 3 is 2.89 bits per heavy atom. The average Bonchev–Trinajstić information content (AvgIpc) is 3.00. The van der Waals surface area contributed by atoms with Crippen LogP contribution in [0.25, 0.3) is 0 Å². The molecule has 0 radical (unpaired) electrons. The average molecular weight is 268 g/mol. The van der Waals surface area contributed by atoms with Crippen LogP contribution in [-0.2, 0) is 0 Å². The number of hydrogen-bond donors (Lipinski definition) is 2. The van der Waals surface area contributed by atoms with Crippen molar-refractivity contribution in [2.75, 3.05) is 13.1 Å². The lowest BCUT2D eigenvalue weighted by molar-refractivity contribution is 0.118. The fourth-order valence-corrected chi connectivity index (χ4v) is 3.55. The van der Waals surface area contributed by atoms with E-state index < -0.39 is 0 Å². The summed E-state index contributed by atoms with van der Waals surface area (Å²) in [5.74, 6) is 0.398. The summed E-state index contributed by atoms with van der Waals surface area (Å²) in [6, 6.07) is 2.66. The van der Waals surface area contributed by atoms with Crippen LogP contribution in [0.3, 0.4) is 0 Å². The third-order valence-corrected chi connectivity index (χ3v) is 4.79. The van der Waals surface area contributed by atoms with Gasteiger partial charge in [-0.15, -0.1) is 0 Å². The fourth-order valence-electron chi connectivity index (χ4n) is 2.86. The molecule has 1 aromatic heterocycles. The van der Waals surface area contributed by atoms with E-state index in [4.69, 9.17) is 5.73 Å². The Hall–Kier alpha value is -0.420. The third-order valence-electron chi connectivity index (χ3n) is 4.09. The van der Waals surface area contributed by atoms with Gasteiger partial charge in [0.25, 0.3) is 0 Å². The van der Waals surface area contributed by atoms with Gasteiger partial charge in [-0.05, 0) is 54.6 Å². The second-order valence-corrected chi connectivity index (χ2v) is 6.14. The van der Waals surface area contributed by atoms with Crippen LogP contribution in [0.2, 0.25) is 0 Å². The molecule has 4 unspecified atom stereocenters. The molecule has 0 saturated carbocycles. The smallest absolute Gasteiger partial charge is 0.0552 e. The Balaban J connectivity index is 2.11. The van der Waals surface area contributed by atoms with E-state index in [-0.39, 0.29) is 12.1 Å². The van der Waals surface area contributed by atoms with Crippen molar-refractivity contribution in [1.82, 2.24) is 4.90 Å². The molecule has 4 atom stereocenters. The Bertz CT molecular complexity index is 353. The molecule has 2 rings (SSSR count). The predicted molar refractivity (Wildman–Crippen MR) is 76.7 cm³/mol. The van der Waals surface area contributed by atoms with E-state index in [1.165, 1.54) is 5.56 Å². The van der Waals surface area contributed by atoms with Crippen LogP contribution in [-0.4, -0.2) is 35.2 Å². The Morgan fingerprint density at radius 1 is 1.61 bits per heavy atom. The van der Waals surface area contributed by atoms with E-state index in [0.717, 1.165) is 25.9 Å². The molecule has 0 aromatic carbocycles. The van der Waals surface area contributed by atoms with Crippen LogP contribution in [0.4, 0.5) is 0 Å². The largest absolute Gasteiger partial charge is 0.393 e. The lowest BCUT2D eigenvalue weighted by Gasteiger charge is -2.32. The summed E-state index contributed by atoms with van der Waals surface area (Å²) in [5, 5.41) is 14.0. The van der Waals surface area contributed by atoms with Crippen LogP contribution in [0, 0.1) is 5.92 Å². The highest BCUT2D eigenvalue weighted by molar-refractivity contribution is 7.07. The molecule has 1 aromatic rings. The highest BCUT2D eigenvalue weighted by Crippen LogP contribution is 2.32. The second kappa shape index (κ2) is 6.15. The molecule has 1 saturated heterocycles. The molecule has 1 aliphatic rings. The zero-order valence-corrected chi connectivity index (χ0v) is 12.1. The number of nitrogens with zero attached hydrogens (tertiary/aromatic N) is 1. The van der Waals surface area contributed by atoms with Crippen LogP contribution in [0.5, 0.6) is 0 Å². The van der Waals surface area contributed by atoms with Crippen LogP contribution >= 0.6 is 11.3 Å². The van der Waals surface area contributed by atoms with Gasteiger partial charge >= 0.3 is 0 Å². The van der Waals surface area contributed by atoms with Crippen molar-refractivity contribution in [2.45, 2.75) is 44.9 Å². The lowest BCUT2D eigenvalue weighted by atomic mass is 9.99. The molecular weight excluding hydrogens is 244 g/mol. The molecule has 0 amide bonds. The van der Waals surface area contributed by atoms with Crippen molar-refractivity contribution in [2.24, 2.45) is 11.7 Å². The van der Waals surface area contributed by atoms with Gasteiger partial charge in [-0.25, -0.2) is 0 Å². The SMILES string of the molecule is CCC(N)C(c1ccsc1)N1CCC(C(C)O)C1. The first-order chi connectivity index (χ1) is 8.63. The van der Waals surface area contributed by atoms with Gasteiger partial charge in [0.2, 0.25) is 0 Å². The number of rotatable bonds is 5. The van der Waals surface area contributed by atoms with Crippen LogP contribution in [0.1, 0.15) is 38.3 Å².